The molecule has 0 saturated heterocycles. The first kappa shape index (κ1) is 32.8. The molecule has 43 heavy (non-hydrogen) atoms. The third-order valence-electron chi connectivity index (χ3n) is 7.01. The van der Waals surface area contributed by atoms with E-state index in [0.717, 1.165) is 28.7 Å². The van der Waals surface area contributed by atoms with Crippen LogP contribution in [0.4, 0.5) is 4.79 Å². The summed E-state index contributed by atoms with van der Waals surface area (Å²) in [4.78, 5) is 52.0. The fraction of sp³-hybridized carbons (Fsp3) is 0.467. The molecule has 13 nitrogen and oxygen atoms in total. The minimum absolute atomic E-state index is 0.0426. The lowest BCUT2D eigenvalue weighted by Gasteiger charge is -2.19. The van der Waals surface area contributed by atoms with Crippen LogP contribution in [0.5, 0.6) is 0 Å². The smallest absolute Gasteiger partial charge is 0.407 e. The highest BCUT2D eigenvalue weighted by Gasteiger charge is 2.29. The molecule has 0 unspecified atom stereocenters. The van der Waals surface area contributed by atoms with Crippen molar-refractivity contribution in [2.45, 2.75) is 57.9 Å². The van der Waals surface area contributed by atoms with Gasteiger partial charge in [0.05, 0.1) is 0 Å². The summed E-state index contributed by atoms with van der Waals surface area (Å²) in [6.45, 7) is 5.14. The maximum absolute atomic E-state index is 12.7. The van der Waals surface area contributed by atoms with E-state index in [1.54, 1.807) is 5.43 Å². The van der Waals surface area contributed by atoms with Gasteiger partial charge in [-0.15, -0.1) is 0 Å². The predicted molar refractivity (Wildman–Crippen MR) is 163 cm³/mol. The summed E-state index contributed by atoms with van der Waals surface area (Å²) in [5.41, 5.74) is 11.7. The fourth-order valence-electron chi connectivity index (χ4n) is 4.86. The van der Waals surface area contributed by atoms with Crippen LogP contribution >= 0.6 is 0 Å². The molecule has 1 aliphatic carbocycles. The first-order valence-electron chi connectivity index (χ1n) is 14.5. The van der Waals surface area contributed by atoms with Crippen molar-refractivity contribution >= 4 is 23.9 Å². The summed E-state index contributed by atoms with van der Waals surface area (Å²) in [5.74, 6) is -0.624. The molecule has 1 aliphatic rings. The highest BCUT2D eigenvalue weighted by atomic mass is 16.7. The standard InChI is InChI=1S/C30H41N7O6/c1-20(2)15-18-32-28(39)26(13-7-16-33-29(31)36-37(41)42)35-27(38)14-8-17-34-30(40)43-19-25-23-11-5-3-9-21(23)22-10-4-6-12-24(22)25/h3-6,9-12,20,25-26H,7-8,13-19H2,1-2H3,(H,32,39)(H,34,40)(H,35,38)(H3,31,33,36)/t26-/m0/s1. The largest absolute Gasteiger partial charge is 0.449 e. The molecule has 0 aromatic heterocycles. The van der Waals surface area contributed by atoms with Gasteiger partial charge in [-0.25, -0.2) is 19.9 Å². The highest BCUT2D eigenvalue weighted by Crippen LogP contribution is 2.44. The van der Waals surface area contributed by atoms with E-state index in [1.165, 1.54) is 0 Å². The van der Waals surface area contributed by atoms with Gasteiger partial charge in [0.1, 0.15) is 12.6 Å². The number of nitro groups is 1. The minimum Gasteiger partial charge on any atom is -0.449 e. The number of nitrogens with one attached hydrogen (secondary N) is 4. The van der Waals surface area contributed by atoms with Crippen molar-refractivity contribution in [3.63, 3.8) is 0 Å². The zero-order chi connectivity index (χ0) is 31.2. The van der Waals surface area contributed by atoms with Crippen LogP contribution in [0.25, 0.3) is 11.1 Å². The van der Waals surface area contributed by atoms with E-state index < -0.39 is 17.2 Å². The second-order valence-corrected chi connectivity index (χ2v) is 10.7. The van der Waals surface area contributed by atoms with Crippen molar-refractivity contribution in [2.75, 3.05) is 26.2 Å². The van der Waals surface area contributed by atoms with Crippen molar-refractivity contribution in [3.05, 3.63) is 69.8 Å². The summed E-state index contributed by atoms with van der Waals surface area (Å²) in [6, 6.07) is 15.4. The van der Waals surface area contributed by atoms with Gasteiger partial charge in [-0.05, 0) is 53.9 Å². The number of hydrogen-bond acceptors (Lipinski definition) is 7. The summed E-state index contributed by atoms with van der Waals surface area (Å²) >= 11 is 0. The maximum Gasteiger partial charge on any atom is 0.407 e. The van der Waals surface area contributed by atoms with Crippen molar-refractivity contribution < 1.29 is 24.2 Å². The number of ether oxygens (including phenoxy) is 1. The molecular weight excluding hydrogens is 554 g/mol. The molecule has 232 valence electrons. The molecule has 0 saturated carbocycles. The number of nitrogens with two attached hydrogens (primary N) is 1. The zero-order valence-electron chi connectivity index (χ0n) is 24.6. The van der Waals surface area contributed by atoms with E-state index in [2.05, 4.69) is 33.1 Å². The molecule has 3 amide bonds. The summed E-state index contributed by atoms with van der Waals surface area (Å²) in [6.07, 6.45) is 1.32. The monoisotopic (exact) mass is 595 g/mol. The molecule has 0 heterocycles. The Hall–Kier alpha value is -4.68. The molecule has 6 N–H and O–H groups in total. The Labute approximate surface area is 251 Å². The number of alkyl carbamates (subject to hydrolysis) is 1. The number of amides is 3. The molecule has 2 aromatic rings. The van der Waals surface area contributed by atoms with Gasteiger partial charge in [0, 0.05) is 32.0 Å². The van der Waals surface area contributed by atoms with Crippen LogP contribution in [0.1, 0.15) is 63.0 Å². The van der Waals surface area contributed by atoms with Gasteiger partial charge in [0.25, 0.3) is 5.96 Å². The molecule has 0 fully saturated rings. The van der Waals surface area contributed by atoms with E-state index in [9.17, 15) is 24.5 Å². The second-order valence-electron chi connectivity index (χ2n) is 10.7. The number of rotatable bonds is 16. The maximum atomic E-state index is 12.7. The Morgan fingerprint density at radius 3 is 2.26 bits per heavy atom. The summed E-state index contributed by atoms with van der Waals surface area (Å²) in [7, 11) is 0. The lowest BCUT2D eigenvalue weighted by molar-refractivity contribution is -0.525. The first-order valence-corrected chi connectivity index (χ1v) is 14.5. The van der Waals surface area contributed by atoms with Crippen molar-refractivity contribution in [1.29, 1.82) is 0 Å². The Morgan fingerprint density at radius 1 is 0.977 bits per heavy atom. The van der Waals surface area contributed by atoms with Crippen LogP contribution in [0.15, 0.2) is 53.5 Å². The van der Waals surface area contributed by atoms with Gasteiger partial charge < -0.3 is 26.4 Å². The van der Waals surface area contributed by atoms with Crippen LogP contribution in [-0.2, 0) is 14.3 Å². The first-order chi connectivity index (χ1) is 20.7. The molecule has 0 bridgehead atoms. The van der Waals surface area contributed by atoms with Gasteiger partial charge >= 0.3 is 6.09 Å². The number of carbonyl (C=O) groups is 3. The van der Waals surface area contributed by atoms with E-state index in [0.29, 0.717) is 25.3 Å². The average molecular weight is 596 g/mol. The lowest BCUT2D eigenvalue weighted by Crippen LogP contribution is -2.47. The van der Waals surface area contributed by atoms with Crippen LogP contribution in [0.2, 0.25) is 0 Å². The normalized spacial score (nSPS) is 13.0. The van der Waals surface area contributed by atoms with Crippen molar-refractivity contribution in [3.8, 4) is 11.1 Å². The molecule has 1 atom stereocenters. The van der Waals surface area contributed by atoms with Gasteiger partial charge in [-0.2, -0.15) is 0 Å². The van der Waals surface area contributed by atoms with Gasteiger partial charge in [0.2, 0.25) is 11.8 Å². The van der Waals surface area contributed by atoms with Crippen LogP contribution in [0.3, 0.4) is 0 Å². The van der Waals surface area contributed by atoms with Crippen LogP contribution in [-0.4, -0.2) is 61.2 Å². The SMILES string of the molecule is CC(C)CCNC(=O)[C@H](CCCN=C(N)N[N+](=O)[O-])NC(=O)CCCNC(=O)OCC1c2ccccc2-c2ccccc21. The number of carbonyl (C=O) groups excluding carboxylic acids is 3. The van der Waals surface area contributed by atoms with Crippen LogP contribution in [0, 0.1) is 16.0 Å². The van der Waals surface area contributed by atoms with Crippen LogP contribution < -0.4 is 27.1 Å². The van der Waals surface area contributed by atoms with Gasteiger partial charge in [-0.3, -0.25) is 9.59 Å². The molecule has 0 spiro atoms. The third kappa shape index (κ3) is 10.6. The lowest BCUT2D eigenvalue weighted by atomic mass is 9.98. The Bertz CT molecular complexity index is 1250. The highest BCUT2D eigenvalue weighted by molar-refractivity contribution is 5.87. The van der Waals surface area contributed by atoms with Gasteiger partial charge in [0.15, 0.2) is 5.03 Å². The number of hydrogen-bond donors (Lipinski definition) is 5. The molecule has 13 heteroatoms. The van der Waals surface area contributed by atoms with E-state index in [4.69, 9.17) is 10.5 Å². The number of aliphatic imine (C=N–C) groups is 1. The summed E-state index contributed by atoms with van der Waals surface area (Å²) < 4.78 is 5.53. The molecular formula is C30H41N7O6. The Balaban J connectivity index is 1.41. The number of guanidine groups is 1. The molecule has 0 aliphatic heterocycles. The average Bonchev–Trinajstić information content (AvgIpc) is 3.28. The number of nitrogens with zero attached hydrogens (tertiary/aromatic N) is 2. The van der Waals surface area contributed by atoms with Crippen molar-refractivity contribution in [1.82, 2.24) is 21.4 Å². The number of hydrazine groups is 1. The molecule has 2 aromatic carbocycles. The predicted octanol–water partition coefficient (Wildman–Crippen LogP) is 2.83. The van der Waals surface area contributed by atoms with E-state index in [1.807, 2.05) is 50.2 Å². The topological polar surface area (TPSA) is 190 Å². The zero-order valence-corrected chi connectivity index (χ0v) is 24.6. The van der Waals surface area contributed by atoms with E-state index in [-0.39, 0.29) is 56.2 Å². The Kier molecular flexibility index (Phi) is 12.7. The quantitative estimate of drug-likeness (QED) is 0.0643. The molecule has 0 radical (unpaired) electrons. The minimum atomic E-state index is -0.813. The number of benzene rings is 2. The third-order valence-corrected chi connectivity index (χ3v) is 7.01. The number of fused-ring (bicyclic) bond motifs is 3. The second kappa shape index (κ2) is 16.7. The molecule has 3 rings (SSSR count). The summed E-state index contributed by atoms with van der Waals surface area (Å²) in [5, 5.41) is 17.9. The Morgan fingerprint density at radius 2 is 1.63 bits per heavy atom. The van der Waals surface area contributed by atoms with E-state index >= 15 is 0 Å². The van der Waals surface area contributed by atoms with Gasteiger partial charge in [-0.1, -0.05) is 67.8 Å². The van der Waals surface area contributed by atoms with Crippen molar-refractivity contribution in [2.24, 2.45) is 16.6 Å². The fourth-order valence-corrected chi connectivity index (χ4v) is 4.86.